The van der Waals surface area contributed by atoms with Gasteiger partial charge in [0.1, 0.15) is 6.10 Å². The van der Waals surface area contributed by atoms with Crippen LogP contribution in [-0.4, -0.2) is 59.4 Å². The number of carboxylic acid groups (broad SMARTS) is 1. The van der Waals surface area contributed by atoms with Crippen LogP contribution in [0.3, 0.4) is 0 Å². The van der Waals surface area contributed by atoms with Gasteiger partial charge in [0.15, 0.2) is 0 Å². The average molecular weight is 414 g/mol. The summed E-state index contributed by atoms with van der Waals surface area (Å²) in [5, 5.41) is 10.2. The van der Waals surface area contributed by atoms with Crippen LogP contribution in [-0.2, 0) is 20.9 Å². The van der Waals surface area contributed by atoms with Crippen molar-refractivity contribution in [3.8, 4) is 0 Å². The smallest absolute Gasteiger partial charge is 0.475 e. The Labute approximate surface area is 167 Å². The van der Waals surface area contributed by atoms with Gasteiger partial charge in [-0.15, -0.1) is 0 Å². The van der Waals surface area contributed by atoms with Crippen LogP contribution < -0.4 is 5.32 Å². The number of benzene rings is 1. The fourth-order valence-corrected chi connectivity index (χ4v) is 3.70. The van der Waals surface area contributed by atoms with Gasteiger partial charge in [-0.25, -0.2) is 4.79 Å². The van der Waals surface area contributed by atoms with Gasteiger partial charge >= 0.3 is 12.1 Å². The third kappa shape index (κ3) is 6.17. The Bertz CT molecular complexity index is 709. The second kappa shape index (κ2) is 9.13. The van der Waals surface area contributed by atoms with E-state index in [0.717, 1.165) is 38.4 Å². The molecule has 4 rings (SSSR count). The lowest BCUT2D eigenvalue weighted by Gasteiger charge is -2.22. The van der Waals surface area contributed by atoms with Gasteiger partial charge in [-0.3, -0.25) is 9.69 Å². The lowest BCUT2D eigenvalue weighted by atomic mass is 10.1. The molecule has 3 fully saturated rings. The first kappa shape index (κ1) is 21.6. The Kier molecular flexibility index (Phi) is 6.79. The standard InChI is InChI=1S/C18H24N2O2.C2HF3O2/c21-18(19-11-13-6-7-13)17-10-15-16(22-17)8-9-20(15)12-14-4-2-1-3-5-14;3-2(4,5)1(6)7/h1-5,13,15-17H,6-12H2,(H,19,21);(H,6,7)/t15-,16-,17+;/m0./s1. The zero-order chi connectivity index (χ0) is 21.0. The summed E-state index contributed by atoms with van der Waals surface area (Å²) < 4.78 is 37.8. The van der Waals surface area contributed by atoms with Crippen molar-refractivity contribution in [3.63, 3.8) is 0 Å². The molecule has 2 N–H and O–H groups in total. The molecule has 1 aromatic carbocycles. The fraction of sp³-hybridized carbons (Fsp3) is 0.600. The molecule has 160 valence electrons. The normalized spacial score (nSPS) is 26.4. The van der Waals surface area contributed by atoms with Crippen molar-refractivity contribution in [2.75, 3.05) is 13.1 Å². The third-order valence-corrected chi connectivity index (χ3v) is 5.42. The van der Waals surface area contributed by atoms with Gasteiger partial charge < -0.3 is 15.2 Å². The van der Waals surface area contributed by atoms with Crippen molar-refractivity contribution in [2.24, 2.45) is 5.92 Å². The lowest BCUT2D eigenvalue weighted by molar-refractivity contribution is -0.192. The number of carbonyl (C=O) groups is 2. The van der Waals surface area contributed by atoms with E-state index in [1.165, 1.54) is 18.4 Å². The quantitative estimate of drug-likeness (QED) is 0.774. The van der Waals surface area contributed by atoms with E-state index >= 15 is 0 Å². The number of aliphatic carboxylic acids is 1. The summed E-state index contributed by atoms with van der Waals surface area (Å²) in [7, 11) is 0. The number of halogens is 3. The van der Waals surface area contributed by atoms with E-state index in [1.54, 1.807) is 0 Å². The molecule has 9 heteroatoms. The van der Waals surface area contributed by atoms with E-state index < -0.39 is 12.1 Å². The number of hydrogen-bond acceptors (Lipinski definition) is 4. The van der Waals surface area contributed by atoms with Gasteiger partial charge in [-0.2, -0.15) is 13.2 Å². The van der Waals surface area contributed by atoms with E-state index in [9.17, 15) is 18.0 Å². The van der Waals surface area contributed by atoms with Crippen molar-refractivity contribution >= 4 is 11.9 Å². The first-order chi connectivity index (χ1) is 13.7. The van der Waals surface area contributed by atoms with Crippen molar-refractivity contribution < 1.29 is 32.6 Å². The van der Waals surface area contributed by atoms with Crippen LogP contribution in [0, 0.1) is 5.92 Å². The Hall–Kier alpha value is -2.13. The summed E-state index contributed by atoms with van der Waals surface area (Å²) in [6.07, 6.45) is -0.672. The zero-order valence-electron chi connectivity index (χ0n) is 15.9. The monoisotopic (exact) mass is 414 g/mol. The minimum absolute atomic E-state index is 0.0981. The van der Waals surface area contributed by atoms with Crippen LogP contribution in [0.4, 0.5) is 13.2 Å². The van der Waals surface area contributed by atoms with Gasteiger partial charge in [0, 0.05) is 32.1 Å². The molecule has 0 spiro atoms. The van der Waals surface area contributed by atoms with Crippen LogP contribution in [0.15, 0.2) is 30.3 Å². The van der Waals surface area contributed by atoms with Crippen molar-refractivity contribution in [3.05, 3.63) is 35.9 Å². The van der Waals surface area contributed by atoms with Gasteiger partial charge in [-0.1, -0.05) is 30.3 Å². The SMILES string of the molecule is O=C(NCC1CC1)[C@H]1C[C@H]2[C@H](CCN2Cc2ccccc2)O1.O=C(O)C(F)(F)F. The van der Waals surface area contributed by atoms with Crippen molar-refractivity contribution in [2.45, 2.75) is 56.7 Å². The molecule has 1 saturated carbocycles. The number of carbonyl (C=O) groups excluding carboxylic acids is 1. The van der Waals surface area contributed by atoms with Gasteiger partial charge in [0.05, 0.1) is 6.10 Å². The molecule has 2 aliphatic heterocycles. The molecule has 29 heavy (non-hydrogen) atoms. The predicted octanol–water partition coefficient (Wildman–Crippen LogP) is 2.58. The molecular formula is C20H25F3N2O4. The Morgan fingerprint density at radius 2 is 1.83 bits per heavy atom. The summed E-state index contributed by atoms with van der Waals surface area (Å²) in [4.78, 5) is 23.6. The summed E-state index contributed by atoms with van der Waals surface area (Å²) in [6.45, 7) is 2.87. The molecule has 3 atom stereocenters. The number of nitrogens with zero attached hydrogens (tertiary/aromatic N) is 1. The summed E-state index contributed by atoms with van der Waals surface area (Å²) >= 11 is 0. The van der Waals surface area contributed by atoms with E-state index in [-0.39, 0.29) is 18.1 Å². The van der Waals surface area contributed by atoms with E-state index in [1.807, 2.05) is 0 Å². The molecule has 3 aliphatic rings. The maximum absolute atomic E-state index is 12.2. The van der Waals surface area contributed by atoms with Crippen molar-refractivity contribution in [1.29, 1.82) is 0 Å². The Balaban J connectivity index is 0.000000298. The largest absolute Gasteiger partial charge is 0.490 e. The van der Waals surface area contributed by atoms with Crippen LogP contribution >= 0.6 is 0 Å². The summed E-state index contributed by atoms with van der Waals surface area (Å²) in [5.74, 6) is -1.94. The number of rotatable bonds is 5. The molecule has 6 nitrogen and oxygen atoms in total. The van der Waals surface area contributed by atoms with Crippen molar-refractivity contribution in [1.82, 2.24) is 10.2 Å². The molecule has 0 unspecified atom stereocenters. The first-order valence-corrected chi connectivity index (χ1v) is 9.75. The van der Waals surface area contributed by atoms with Gasteiger partial charge in [-0.05, 0) is 30.7 Å². The van der Waals surface area contributed by atoms with Gasteiger partial charge in [0.2, 0.25) is 5.91 Å². The molecule has 0 radical (unpaired) electrons. The number of alkyl halides is 3. The number of amides is 1. The second-order valence-corrected chi connectivity index (χ2v) is 7.70. The molecule has 2 heterocycles. The van der Waals surface area contributed by atoms with Crippen LogP contribution in [0.5, 0.6) is 0 Å². The number of ether oxygens (including phenoxy) is 1. The zero-order valence-corrected chi connectivity index (χ0v) is 15.9. The highest BCUT2D eigenvalue weighted by Crippen LogP contribution is 2.34. The topological polar surface area (TPSA) is 78.9 Å². The molecule has 1 aliphatic carbocycles. The first-order valence-electron chi connectivity index (χ1n) is 9.75. The van der Waals surface area contributed by atoms with E-state index in [4.69, 9.17) is 14.6 Å². The third-order valence-electron chi connectivity index (χ3n) is 5.42. The predicted molar refractivity (Wildman–Crippen MR) is 98.0 cm³/mol. The maximum atomic E-state index is 12.2. The highest BCUT2D eigenvalue weighted by molar-refractivity contribution is 5.81. The highest BCUT2D eigenvalue weighted by Gasteiger charge is 2.45. The van der Waals surface area contributed by atoms with E-state index in [2.05, 4.69) is 40.5 Å². The van der Waals surface area contributed by atoms with Crippen LogP contribution in [0.1, 0.15) is 31.2 Å². The molecule has 2 saturated heterocycles. The fourth-order valence-electron chi connectivity index (χ4n) is 3.70. The highest BCUT2D eigenvalue weighted by atomic mass is 19.4. The molecule has 0 bridgehead atoms. The average Bonchev–Trinajstić information content (AvgIpc) is 3.29. The molecule has 1 amide bonds. The van der Waals surface area contributed by atoms with Crippen LogP contribution in [0.2, 0.25) is 0 Å². The van der Waals surface area contributed by atoms with Crippen LogP contribution in [0.25, 0.3) is 0 Å². The van der Waals surface area contributed by atoms with E-state index in [0.29, 0.717) is 6.04 Å². The number of likely N-dealkylation sites (tertiary alicyclic amines) is 1. The maximum Gasteiger partial charge on any atom is 0.490 e. The molecule has 1 aromatic rings. The summed E-state index contributed by atoms with van der Waals surface area (Å²) in [6, 6.07) is 11.0. The second-order valence-electron chi connectivity index (χ2n) is 7.70. The number of nitrogens with one attached hydrogen (secondary N) is 1. The number of carboxylic acids is 1. The Morgan fingerprint density at radius 1 is 1.17 bits per heavy atom. The molecule has 0 aromatic heterocycles. The number of fused-ring (bicyclic) bond motifs is 1. The minimum atomic E-state index is -5.08. The summed E-state index contributed by atoms with van der Waals surface area (Å²) in [5.41, 5.74) is 1.34. The minimum Gasteiger partial charge on any atom is -0.475 e. The molecular weight excluding hydrogens is 389 g/mol. The number of hydrogen-bond donors (Lipinski definition) is 2. The lowest BCUT2D eigenvalue weighted by Crippen LogP contribution is -2.37. The van der Waals surface area contributed by atoms with Gasteiger partial charge in [0.25, 0.3) is 0 Å². The Morgan fingerprint density at radius 3 is 2.41 bits per heavy atom.